The van der Waals surface area contributed by atoms with E-state index in [-0.39, 0.29) is 5.69 Å². The van der Waals surface area contributed by atoms with E-state index in [2.05, 4.69) is 15.6 Å². The fourth-order valence-corrected chi connectivity index (χ4v) is 3.27. The number of nitrogens with one attached hydrogen (secondary N) is 2. The largest absolute Gasteiger partial charge is 0.496 e. The number of anilines is 2. The summed E-state index contributed by atoms with van der Waals surface area (Å²) in [6, 6.07) is 19.9. The highest BCUT2D eigenvalue weighted by Crippen LogP contribution is 2.32. The van der Waals surface area contributed by atoms with Crippen molar-refractivity contribution < 1.29 is 13.9 Å². The zero-order valence-electron chi connectivity index (χ0n) is 15.9. The zero-order chi connectivity index (χ0) is 21.1. The molecule has 0 aliphatic heterocycles. The highest BCUT2D eigenvalue weighted by molar-refractivity contribution is 6.30. The minimum absolute atomic E-state index is 0.0983. The number of hydrogen-bond donors (Lipinski definition) is 2. The van der Waals surface area contributed by atoms with Gasteiger partial charge in [0.15, 0.2) is 0 Å². The predicted molar refractivity (Wildman–Crippen MR) is 118 cm³/mol. The number of ether oxygens (including phenoxy) is 1. The molecule has 0 spiro atoms. The van der Waals surface area contributed by atoms with Gasteiger partial charge in [0.05, 0.1) is 24.0 Å². The van der Waals surface area contributed by atoms with Gasteiger partial charge < -0.3 is 15.4 Å². The van der Waals surface area contributed by atoms with Crippen molar-refractivity contribution in [3.8, 4) is 17.0 Å². The summed E-state index contributed by atoms with van der Waals surface area (Å²) in [4.78, 5) is 16.9. The summed E-state index contributed by atoms with van der Waals surface area (Å²) in [5, 5.41) is 6.53. The van der Waals surface area contributed by atoms with Crippen LogP contribution in [0.5, 0.6) is 5.75 Å². The van der Waals surface area contributed by atoms with Gasteiger partial charge in [-0.05, 0) is 42.5 Å². The maximum atomic E-state index is 13.7. The SMILES string of the molecule is COc1cc(-c2cccc(Cl)c2)nc2ccc(NC(=O)Nc3ccccc3F)cc12. The molecule has 4 aromatic rings. The van der Waals surface area contributed by atoms with Crippen LogP contribution >= 0.6 is 11.6 Å². The third-order valence-electron chi connectivity index (χ3n) is 4.49. The lowest BCUT2D eigenvalue weighted by atomic mass is 10.1. The number of benzene rings is 3. The third kappa shape index (κ3) is 4.18. The summed E-state index contributed by atoms with van der Waals surface area (Å²) < 4.78 is 19.3. The molecule has 7 heteroatoms. The number of methoxy groups -OCH3 is 1. The standard InChI is InChI=1S/C23H17ClFN3O2/c1-30-22-13-21(14-5-4-6-15(24)11-14)27-19-10-9-16(12-17(19)22)26-23(29)28-20-8-3-2-7-18(20)25/h2-13H,1H3,(H2,26,28,29). The second kappa shape index (κ2) is 8.39. The van der Waals surface area contributed by atoms with Gasteiger partial charge in [-0.3, -0.25) is 0 Å². The highest BCUT2D eigenvalue weighted by atomic mass is 35.5. The van der Waals surface area contributed by atoms with Crippen LogP contribution in [0.15, 0.2) is 72.8 Å². The van der Waals surface area contributed by atoms with E-state index in [9.17, 15) is 9.18 Å². The normalized spacial score (nSPS) is 10.6. The molecule has 0 saturated heterocycles. The summed E-state index contributed by atoms with van der Waals surface area (Å²) in [6.07, 6.45) is 0. The summed E-state index contributed by atoms with van der Waals surface area (Å²) in [6.45, 7) is 0. The predicted octanol–water partition coefficient (Wildman–Crippen LogP) is 6.35. The lowest BCUT2D eigenvalue weighted by molar-refractivity contribution is 0.262. The first-order valence-electron chi connectivity index (χ1n) is 9.11. The van der Waals surface area contributed by atoms with E-state index >= 15 is 0 Å². The molecular weight excluding hydrogens is 405 g/mol. The minimum atomic E-state index is -0.554. The molecule has 2 amide bonds. The molecule has 0 saturated carbocycles. The number of rotatable bonds is 4. The van der Waals surface area contributed by atoms with E-state index in [4.69, 9.17) is 16.3 Å². The molecule has 0 fully saturated rings. The van der Waals surface area contributed by atoms with Crippen LogP contribution in [0, 0.1) is 5.82 Å². The van der Waals surface area contributed by atoms with Crippen molar-refractivity contribution >= 4 is 39.9 Å². The molecule has 5 nitrogen and oxygen atoms in total. The average Bonchev–Trinajstić information content (AvgIpc) is 2.74. The van der Waals surface area contributed by atoms with Crippen LogP contribution in [0.3, 0.4) is 0 Å². The minimum Gasteiger partial charge on any atom is -0.496 e. The summed E-state index contributed by atoms with van der Waals surface area (Å²) in [7, 11) is 1.57. The van der Waals surface area contributed by atoms with Gasteiger partial charge in [-0.1, -0.05) is 35.9 Å². The maximum absolute atomic E-state index is 13.7. The van der Waals surface area contributed by atoms with Crippen molar-refractivity contribution in [3.05, 3.63) is 83.6 Å². The number of halogens is 2. The van der Waals surface area contributed by atoms with Crippen molar-refractivity contribution in [2.24, 2.45) is 0 Å². The molecule has 3 aromatic carbocycles. The Bertz CT molecular complexity index is 1250. The fraction of sp³-hybridized carbons (Fsp3) is 0.0435. The van der Waals surface area contributed by atoms with E-state index in [0.29, 0.717) is 22.0 Å². The number of nitrogens with zero attached hydrogens (tertiary/aromatic N) is 1. The van der Waals surface area contributed by atoms with Gasteiger partial charge in [0.25, 0.3) is 0 Å². The number of fused-ring (bicyclic) bond motifs is 1. The third-order valence-corrected chi connectivity index (χ3v) is 4.73. The quantitative estimate of drug-likeness (QED) is 0.403. The van der Waals surface area contributed by atoms with Crippen LogP contribution in [0.4, 0.5) is 20.6 Å². The lowest BCUT2D eigenvalue weighted by Gasteiger charge is -2.12. The van der Waals surface area contributed by atoms with Gasteiger partial charge in [-0.25, -0.2) is 14.2 Å². The molecule has 0 aliphatic carbocycles. The molecule has 2 N–H and O–H groups in total. The van der Waals surface area contributed by atoms with Gasteiger partial charge >= 0.3 is 6.03 Å². The molecule has 0 aliphatic rings. The van der Waals surface area contributed by atoms with Gasteiger partial charge in [0.2, 0.25) is 0 Å². The van der Waals surface area contributed by atoms with E-state index in [1.165, 1.54) is 12.1 Å². The molecule has 0 bridgehead atoms. The van der Waals surface area contributed by atoms with Crippen molar-refractivity contribution in [2.75, 3.05) is 17.7 Å². The molecule has 0 unspecified atom stereocenters. The van der Waals surface area contributed by atoms with Crippen LogP contribution in [0.2, 0.25) is 5.02 Å². The van der Waals surface area contributed by atoms with Crippen molar-refractivity contribution in [1.82, 2.24) is 4.98 Å². The number of aromatic nitrogens is 1. The number of pyridine rings is 1. The Morgan fingerprint density at radius 3 is 2.60 bits per heavy atom. The monoisotopic (exact) mass is 421 g/mol. The molecule has 0 atom stereocenters. The Labute approximate surface area is 177 Å². The Morgan fingerprint density at radius 2 is 1.83 bits per heavy atom. The number of urea groups is 1. The van der Waals surface area contributed by atoms with E-state index < -0.39 is 11.8 Å². The van der Waals surface area contributed by atoms with Crippen molar-refractivity contribution in [2.45, 2.75) is 0 Å². The smallest absolute Gasteiger partial charge is 0.323 e. The highest BCUT2D eigenvalue weighted by Gasteiger charge is 2.11. The first kappa shape index (κ1) is 19.7. The average molecular weight is 422 g/mol. The topological polar surface area (TPSA) is 63.2 Å². The first-order valence-corrected chi connectivity index (χ1v) is 9.48. The zero-order valence-corrected chi connectivity index (χ0v) is 16.7. The van der Waals surface area contributed by atoms with E-state index in [0.717, 1.165) is 16.6 Å². The molecular formula is C23H17ClFN3O2. The molecule has 1 heterocycles. The van der Waals surface area contributed by atoms with Crippen LogP contribution < -0.4 is 15.4 Å². The summed E-state index contributed by atoms with van der Waals surface area (Å²) in [5.41, 5.74) is 2.91. The van der Waals surface area contributed by atoms with Crippen LogP contribution in [0.25, 0.3) is 22.2 Å². The Hall–Kier alpha value is -3.64. The van der Waals surface area contributed by atoms with Crippen LogP contribution in [-0.2, 0) is 0 Å². The summed E-state index contributed by atoms with van der Waals surface area (Å²) >= 11 is 6.09. The second-order valence-corrected chi connectivity index (χ2v) is 6.95. The fourth-order valence-electron chi connectivity index (χ4n) is 3.08. The molecule has 4 rings (SSSR count). The van der Waals surface area contributed by atoms with Gasteiger partial charge in [-0.15, -0.1) is 0 Å². The number of amides is 2. The molecule has 30 heavy (non-hydrogen) atoms. The van der Waals surface area contributed by atoms with Crippen molar-refractivity contribution in [1.29, 1.82) is 0 Å². The van der Waals surface area contributed by atoms with Gasteiger partial charge in [0.1, 0.15) is 11.6 Å². The Balaban J connectivity index is 1.63. The number of hydrogen-bond acceptors (Lipinski definition) is 3. The molecule has 1 aromatic heterocycles. The van der Waals surface area contributed by atoms with E-state index in [1.54, 1.807) is 43.5 Å². The van der Waals surface area contributed by atoms with Crippen molar-refractivity contribution in [3.63, 3.8) is 0 Å². The van der Waals surface area contributed by atoms with Crippen LogP contribution in [0.1, 0.15) is 0 Å². The molecule has 0 radical (unpaired) electrons. The maximum Gasteiger partial charge on any atom is 0.323 e. The number of para-hydroxylation sites is 1. The van der Waals surface area contributed by atoms with Crippen LogP contribution in [-0.4, -0.2) is 18.1 Å². The van der Waals surface area contributed by atoms with Gasteiger partial charge in [0, 0.05) is 27.7 Å². The summed E-state index contributed by atoms with van der Waals surface area (Å²) in [5.74, 6) is 0.0960. The number of carbonyl (C=O) groups excluding carboxylic acids is 1. The lowest BCUT2D eigenvalue weighted by Crippen LogP contribution is -2.20. The van der Waals surface area contributed by atoms with E-state index in [1.807, 2.05) is 24.3 Å². The molecule has 150 valence electrons. The Kier molecular flexibility index (Phi) is 5.50. The van der Waals surface area contributed by atoms with Gasteiger partial charge in [-0.2, -0.15) is 0 Å². The number of carbonyl (C=O) groups is 1. The second-order valence-electron chi connectivity index (χ2n) is 6.51. The first-order chi connectivity index (χ1) is 14.5. The Morgan fingerprint density at radius 1 is 1.00 bits per heavy atom.